The molecule has 29 heavy (non-hydrogen) atoms. The van der Waals surface area contributed by atoms with Crippen LogP contribution < -0.4 is 19.7 Å². The van der Waals surface area contributed by atoms with E-state index < -0.39 is 4.92 Å². The van der Waals surface area contributed by atoms with E-state index in [1.807, 2.05) is 19.9 Å². The number of nitro benzene ring substituents is 1. The first-order valence-electron chi connectivity index (χ1n) is 8.98. The Morgan fingerprint density at radius 2 is 1.86 bits per heavy atom. The number of carbonyl (C=O) groups excluding carboxylic acids is 1. The van der Waals surface area contributed by atoms with Crippen LogP contribution in [0.25, 0.3) is 0 Å². The van der Waals surface area contributed by atoms with Gasteiger partial charge in [0, 0.05) is 24.9 Å². The number of nitrogens with one attached hydrogen (secondary N) is 1. The summed E-state index contributed by atoms with van der Waals surface area (Å²) in [6.45, 7) is 4.52. The van der Waals surface area contributed by atoms with E-state index in [9.17, 15) is 14.9 Å². The van der Waals surface area contributed by atoms with E-state index in [4.69, 9.17) is 14.7 Å². The van der Waals surface area contributed by atoms with Gasteiger partial charge in [-0.2, -0.15) is 5.26 Å². The number of nitrogens with zero attached hydrogens (tertiary/aromatic N) is 3. The maximum absolute atomic E-state index is 12.4. The van der Waals surface area contributed by atoms with Crippen LogP contribution in [0.3, 0.4) is 0 Å². The highest BCUT2D eigenvalue weighted by molar-refractivity contribution is 5.94. The average Bonchev–Trinajstić information content (AvgIpc) is 2.69. The number of amides is 1. The van der Waals surface area contributed by atoms with Crippen molar-refractivity contribution in [2.24, 2.45) is 0 Å². The van der Waals surface area contributed by atoms with Gasteiger partial charge in [0.2, 0.25) is 5.91 Å². The van der Waals surface area contributed by atoms with Crippen LogP contribution in [0.4, 0.5) is 17.1 Å². The molecule has 0 aromatic heterocycles. The molecule has 1 amide bonds. The van der Waals surface area contributed by atoms with Crippen molar-refractivity contribution in [3.05, 3.63) is 52.1 Å². The van der Waals surface area contributed by atoms with Gasteiger partial charge in [0.05, 0.1) is 36.3 Å². The first-order chi connectivity index (χ1) is 13.9. The topological polar surface area (TPSA) is 118 Å². The third-order valence-electron chi connectivity index (χ3n) is 3.92. The Kier molecular flexibility index (Phi) is 7.37. The number of hydrogen-bond acceptors (Lipinski definition) is 7. The van der Waals surface area contributed by atoms with Crippen LogP contribution in [0.1, 0.15) is 19.4 Å². The Bertz CT molecular complexity index is 939. The molecule has 152 valence electrons. The maximum atomic E-state index is 12.4. The van der Waals surface area contributed by atoms with E-state index in [0.29, 0.717) is 30.4 Å². The van der Waals surface area contributed by atoms with Crippen molar-refractivity contribution in [1.29, 1.82) is 5.26 Å². The first kappa shape index (κ1) is 21.5. The van der Waals surface area contributed by atoms with Crippen molar-refractivity contribution in [3.63, 3.8) is 0 Å². The van der Waals surface area contributed by atoms with E-state index in [1.165, 1.54) is 23.1 Å². The van der Waals surface area contributed by atoms with E-state index in [0.717, 1.165) is 0 Å². The lowest BCUT2D eigenvalue weighted by Gasteiger charge is -2.19. The lowest BCUT2D eigenvalue weighted by atomic mass is 10.1. The van der Waals surface area contributed by atoms with Crippen LogP contribution in [0.2, 0.25) is 0 Å². The SMILES string of the molecule is CCOc1ccc(NC(=O)CN(C)c2ccc(C#N)cc2[N+](=O)[O-])cc1OCC. The summed E-state index contributed by atoms with van der Waals surface area (Å²) in [6.07, 6.45) is 0. The molecule has 0 aliphatic heterocycles. The lowest BCUT2D eigenvalue weighted by Crippen LogP contribution is -2.30. The number of ether oxygens (including phenoxy) is 2. The molecule has 0 spiro atoms. The second-order valence-electron chi connectivity index (χ2n) is 6.00. The van der Waals surface area contributed by atoms with E-state index >= 15 is 0 Å². The number of hydrogen-bond donors (Lipinski definition) is 1. The second kappa shape index (κ2) is 9.94. The summed E-state index contributed by atoms with van der Waals surface area (Å²) in [6, 6.07) is 11.0. The molecule has 0 atom stereocenters. The van der Waals surface area contributed by atoms with Crippen molar-refractivity contribution < 1.29 is 19.2 Å². The van der Waals surface area contributed by atoms with Crippen molar-refractivity contribution in [3.8, 4) is 17.6 Å². The minimum absolute atomic E-state index is 0.121. The molecule has 9 heteroatoms. The van der Waals surface area contributed by atoms with Gasteiger partial charge in [0.25, 0.3) is 5.69 Å². The second-order valence-corrected chi connectivity index (χ2v) is 6.00. The molecule has 2 aromatic carbocycles. The number of rotatable bonds is 9. The number of carbonyl (C=O) groups is 1. The normalized spacial score (nSPS) is 10.0. The average molecular weight is 398 g/mol. The van der Waals surface area contributed by atoms with E-state index in [-0.39, 0.29) is 29.4 Å². The summed E-state index contributed by atoms with van der Waals surface area (Å²) < 4.78 is 11.0. The molecular formula is C20H22N4O5. The van der Waals surface area contributed by atoms with Crippen molar-refractivity contribution in [2.75, 3.05) is 37.0 Å². The molecule has 2 rings (SSSR count). The van der Waals surface area contributed by atoms with Gasteiger partial charge in [-0.05, 0) is 38.1 Å². The third kappa shape index (κ3) is 5.59. The molecule has 0 fully saturated rings. The molecule has 0 unspecified atom stereocenters. The highest BCUT2D eigenvalue weighted by Gasteiger charge is 2.20. The van der Waals surface area contributed by atoms with E-state index in [1.54, 1.807) is 25.2 Å². The van der Waals surface area contributed by atoms with Crippen LogP contribution in [0, 0.1) is 21.4 Å². The molecular weight excluding hydrogens is 376 g/mol. The Hall–Kier alpha value is -3.80. The highest BCUT2D eigenvalue weighted by Crippen LogP contribution is 2.31. The quantitative estimate of drug-likeness (QED) is 0.508. The zero-order valence-corrected chi connectivity index (χ0v) is 16.5. The molecule has 0 aliphatic carbocycles. The Balaban J connectivity index is 2.14. The summed E-state index contributed by atoms with van der Waals surface area (Å²) in [5.41, 5.74) is 0.700. The van der Waals surface area contributed by atoms with Crippen LogP contribution in [0.5, 0.6) is 11.5 Å². The van der Waals surface area contributed by atoms with E-state index in [2.05, 4.69) is 5.32 Å². The van der Waals surface area contributed by atoms with Crippen LogP contribution in [-0.4, -0.2) is 37.6 Å². The number of benzene rings is 2. The van der Waals surface area contributed by atoms with Gasteiger partial charge in [-0.1, -0.05) is 0 Å². The van der Waals surface area contributed by atoms with Crippen LogP contribution >= 0.6 is 0 Å². The molecule has 9 nitrogen and oxygen atoms in total. The van der Waals surface area contributed by atoms with Crippen molar-refractivity contribution in [1.82, 2.24) is 0 Å². The molecule has 0 bridgehead atoms. The summed E-state index contributed by atoms with van der Waals surface area (Å²) in [4.78, 5) is 24.6. The predicted octanol–water partition coefficient (Wildman–Crippen LogP) is 3.34. The predicted molar refractivity (Wildman–Crippen MR) is 108 cm³/mol. The Labute approximate surface area is 168 Å². The first-order valence-corrected chi connectivity index (χ1v) is 8.98. The van der Waals surface area contributed by atoms with Crippen molar-refractivity contribution in [2.45, 2.75) is 13.8 Å². The molecule has 0 saturated carbocycles. The smallest absolute Gasteiger partial charge is 0.293 e. The standard InChI is InChI=1S/C20H22N4O5/c1-4-28-18-9-7-15(11-19(18)29-5-2)22-20(25)13-23(3)16-8-6-14(12-21)10-17(16)24(26)27/h6-11H,4-5,13H2,1-3H3,(H,22,25). The van der Waals surface area contributed by atoms with Gasteiger partial charge in [-0.15, -0.1) is 0 Å². The monoisotopic (exact) mass is 398 g/mol. The summed E-state index contributed by atoms with van der Waals surface area (Å²) in [5.74, 6) is 0.735. The molecule has 2 aromatic rings. The van der Waals surface area contributed by atoms with Gasteiger partial charge in [-0.3, -0.25) is 14.9 Å². The summed E-state index contributed by atoms with van der Waals surface area (Å²) in [7, 11) is 1.57. The molecule has 1 N–H and O–H groups in total. The molecule has 0 heterocycles. The van der Waals surface area contributed by atoms with Crippen LogP contribution in [0.15, 0.2) is 36.4 Å². The molecule has 0 aliphatic rings. The summed E-state index contributed by atoms with van der Waals surface area (Å²) in [5, 5.41) is 23.0. The number of anilines is 2. The zero-order valence-electron chi connectivity index (χ0n) is 16.5. The zero-order chi connectivity index (χ0) is 21.4. The van der Waals surface area contributed by atoms with Crippen molar-refractivity contribution >= 4 is 23.0 Å². The largest absolute Gasteiger partial charge is 0.490 e. The Morgan fingerprint density at radius 3 is 2.48 bits per heavy atom. The Morgan fingerprint density at radius 1 is 1.17 bits per heavy atom. The third-order valence-corrected chi connectivity index (χ3v) is 3.92. The minimum atomic E-state index is -0.578. The minimum Gasteiger partial charge on any atom is -0.490 e. The van der Waals surface area contributed by atoms with Gasteiger partial charge in [0.1, 0.15) is 5.69 Å². The van der Waals surface area contributed by atoms with Crippen LogP contribution in [-0.2, 0) is 4.79 Å². The fourth-order valence-corrected chi connectivity index (χ4v) is 2.69. The van der Waals surface area contributed by atoms with Gasteiger partial charge < -0.3 is 19.7 Å². The van der Waals surface area contributed by atoms with Gasteiger partial charge in [-0.25, -0.2) is 0 Å². The maximum Gasteiger partial charge on any atom is 0.293 e. The summed E-state index contributed by atoms with van der Waals surface area (Å²) >= 11 is 0. The molecule has 0 saturated heterocycles. The highest BCUT2D eigenvalue weighted by atomic mass is 16.6. The molecule has 0 radical (unpaired) electrons. The number of nitriles is 1. The fourth-order valence-electron chi connectivity index (χ4n) is 2.69. The fraction of sp³-hybridized carbons (Fsp3) is 0.300. The van der Waals surface area contributed by atoms with Gasteiger partial charge >= 0.3 is 0 Å². The number of nitro groups is 1. The number of likely N-dealkylation sites (N-methyl/N-ethyl adjacent to an activating group) is 1. The van der Waals surface area contributed by atoms with Gasteiger partial charge in [0.15, 0.2) is 11.5 Å². The lowest BCUT2D eigenvalue weighted by molar-refractivity contribution is -0.384.